The molecule has 0 spiro atoms. The summed E-state index contributed by atoms with van der Waals surface area (Å²) in [7, 11) is 0. The van der Waals surface area contributed by atoms with Gasteiger partial charge in [-0.15, -0.1) is 0 Å². The van der Waals surface area contributed by atoms with Crippen molar-refractivity contribution in [3.63, 3.8) is 0 Å². The standard InChI is InChI=1S/C15H24N2O/c1-10(2)16-8-9-18-15-11(3)13-6-5-7-14(13)12(4)17-15/h10,16H,5-9H2,1-4H3. The van der Waals surface area contributed by atoms with Crippen LogP contribution in [0.4, 0.5) is 0 Å². The Balaban J connectivity index is 2.03. The smallest absolute Gasteiger partial charge is 0.216 e. The van der Waals surface area contributed by atoms with Gasteiger partial charge < -0.3 is 10.1 Å². The van der Waals surface area contributed by atoms with E-state index in [0.29, 0.717) is 12.6 Å². The van der Waals surface area contributed by atoms with Gasteiger partial charge in [0.15, 0.2) is 0 Å². The minimum Gasteiger partial charge on any atom is -0.476 e. The number of hydrogen-bond acceptors (Lipinski definition) is 3. The number of hydrogen-bond donors (Lipinski definition) is 1. The molecular weight excluding hydrogens is 224 g/mol. The van der Waals surface area contributed by atoms with Crippen LogP contribution in [0.1, 0.15) is 42.7 Å². The first kappa shape index (κ1) is 13.3. The summed E-state index contributed by atoms with van der Waals surface area (Å²) in [5, 5.41) is 3.35. The number of rotatable bonds is 5. The molecular formula is C15H24N2O. The lowest BCUT2D eigenvalue weighted by Gasteiger charge is -2.14. The average Bonchev–Trinajstić information content (AvgIpc) is 2.80. The third kappa shape index (κ3) is 2.83. The molecule has 1 N–H and O–H groups in total. The number of aryl methyl sites for hydroxylation is 1. The lowest BCUT2D eigenvalue weighted by atomic mass is 10.1. The van der Waals surface area contributed by atoms with Crippen molar-refractivity contribution in [3.8, 4) is 5.88 Å². The number of aromatic nitrogens is 1. The molecule has 0 saturated heterocycles. The van der Waals surface area contributed by atoms with E-state index in [4.69, 9.17) is 4.74 Å². The zero-order valence-electron chi connectivity index (χ0n) is 12.0. The SMILES string of the molecule is Cc1nc(OCCNC(C)C)c(C)c2c1CCC2. The van der Waals surface area contributed by atoms with Crippen molar-refractivity contribution in [3.05, 3.63) is 22.4 Å². The molecule has 0 aliphatic heterocycles. The van der Waals surface area contributed by atoms with Crippen LogP contribution >= 0.6 is 0 Å². The van der Waals surface area contributed by atoms with Crippen LogP contribution < -0.4 is 10.1 Å². The van der Waals surface area contributed by atoms with Crippen molar-refractivity contribution in [2.24, 2.45) is 0 Å². The van der Waals surface area contributed by atoms with Crippen molar-refractivity contribution in [1.82, 2.24) is 10.3 Å². The van der Waals surface area contributed by atoms with Crippen LogP contribution in [-0.2, 0) is 12.8 Å². The minimum atomic E-state index is 0.504. The van der Waals surface area contributed by atoms with Crippen LogP contribution in [-0.4, -0.2) is 24.2 Å². The van der Waals surface area contributed by atoms with E-state index in [1.54, 1.807) is 0 Å². The van der Waals surface area contributed by atoms with Gasteiger partial charge in [0, 0.05) is 23.8 Å². The van der Waals surface area contributed by atoms with Gasteiger partial charge in [-0.3, -0.25) is 0 Å². The highest BCUT2D eigenvalue weighted by Crippen LogP contribution is 2.31. The quantitative estimate of drug-likeness (QED) is 0.813. The minimum absolute atomic E-state index is 0.504. The molecule has 0 unspecified atom stereocenters. The van der Waals surface area contributed by atoms with Crippen LogP contribution in [0.2, 0.25) is 0 Å². The summed E-state index contributed by atoms with van der Waals surface area (Å²) in [6, 6.07) is 0.504. The Morgan fingerprint density at radius 1 is 1.22 bits per heavy atom. The molecule has 1 aromatic heterocycles. The van der Waals surface area contributed by atoms with E-state index in [-0.39, 0.29) is 0 Å². The monoisotopic (exact) mass is 248 g/mol. The Kier molecular flexibility index (Phi) is 4.23. The van der Waals surface area contributed by atoms with Crippen LogP contribution in [0.15, 0.2) is 0 Å². The predicted molar refractivity (Wildman–Crippen MR) is 74.4 cm³/mol. The second kappa shape index (κ2) is 5.70. The van der Waals surface area contributed by atoms with Gasteiger partial charge in [-0.2, -0.15) is 0 Å². The highest BCUT2D eigenvalue weighted by atomic mass is 16.5. The number of nitrogens with one attached hydrogen (secondary N) is 1. The van der Waals surface area contributed by atoms with E-state index in [9.17, 15) is 0 Å². The number of ether oxygens (including phenoxy) is 1. The van der Waals surface area contributed by atoms with Crippen molar-refractivity contribution in [1.29, 1.82) is 0 Å². The molecule has 2 rings (SSSR count). The Bertz CT molecular complexity index is 427. The second-order valence-electron chi connectivity index (χ2n) is 5.40. The van der Waals surface area contributed by atoms with Gasteiger partial charge in [0.25, 0.3) is 0 Å². The van der Waals surface area contributed by atoms with E-state index in [0.717, 1.165) is 18.1 Å². The molecule has 1 heterocycles. The fourth-order valence-electron chi connectivity index (χ4n) is 2.63. The fraction of sp³-hybridized carbons (Fsp3) is 0.667. The van der Waals surface area contributed by atoms with Gasteiger partial charge in [0.2, 0.25) is 5.88 Å². The molecule has 1 aliphatic carbocycles. The van der Waals surface area contributed by atoms with Crippen molar-refractivity contribution in [2.75, 3.05) is 13.2 Å². The zero-order valence-corrected chi connectivity index (χ0v) is 12.0. The fourth-order valence-corrected chi connectivity index (χ4v) is 2.63. The summed E-state index contributed by atoms with van der Waals surface area (Å²) >= 11 is 0. The summed E-state index contributed by atoms with van der Waals surface area (Å²) in [5.74, 6) is 0.832. The molecule has 1 aromatic rings. The van der Waals surface area contributed by atoms with Crippen LogP contribution in [0.3, 0.4) is 0 Å². The normalized spacial score (nSPS) is 14.1. The maximum atomic E-state index is 5.82. The van der Waals surface area contributed by atoms with Crippen molar-refractivity contribution < 1.29 is 4.74 Å². The Morgan fingerprint density at radius 3 is 2.67 bits per heavy atom. The first-order chi connectivity index (χ1) is 8.59. The molecule has 0 fully saturated rings. The highest BCUT2D eigenvalue weighted by Gasteiger charge is 2.19. The maximum Gasteiger partial charge on any atom is 0.216 e. The van der Waals surface area contributed by atoms with Crippen LogP contribution in [0.25, 0.3) is 0 Å². The summed E-state index contributed by atoms with van der Waals surface area (Å²) in [6.45, 7) is 10.1. The van der Waals surface area contributed by atoms with Gasteiger partial charge in [-0.05, 0) is 44.2 Å². The summed E-state index contributed by atoms with van der Waals surface area (Å²) in [6.07, 6.45) is 3.63. The average molecular weight is 248 g/mol. The molecule has 3 nitrogen and oxygen atoms in total. The first-order valence-electron chi connectivity index (χ1n) is 6.94. The van der Waals surface area contributed by atoms with Gasteiger partial charge in [0.05, 0.1) is 0 Å². The van der Waals surface area contributed by atoms with Gasteiger partial charge in [0.1, 0.15) is 6.61 Å². The molecule has 1 aliphatic rings. The predicted octanol–water partition coefficient (Wildman–Crippen LogP) is 2.56. The second-order valence-corrected chi connectivity index (χ2v) is 5.40. The molecule has 0 atom stereocenters. The summed E-state index contributed by atoms with van der Waals surface area (Å²) in [5.41, 5.74) is 5.34. The number of fused-ring (bicyclic) bond motifs is 1. The molecule has 100 valence electrons. The van der Waals surface area contributed by atoms with Gasteiger partial charge in [-0.25, -0.2) is 4.98 Å². The lowest BCUT2D eigenvalue weighted by Crippen LogP contribution is -2.27. The number of nitrogens with zero attached hydrogens (tertiary/aromatic N) is 1. The van der Waals surface area contributed by atoms with Crippen LogP contribution in [0, 0.1) is 13.8 Å². The molecule has 0 bridgehead atoms. The van der Waals surface area contributed by atoms with E-state index >= 15 is 0 Å². The zero-order chi connectivity index (χ0) is 13.1. The third-order valence-electron chi connectivity index (χ3n) is 3.59. The molecule has 0 saturated carbocycles. The van der Waals surface area contributed by atoms with Gasteiger partial charge in [-0.1, -0.05) is 13.8 Å². The largest absolute Gasteiger partial charge is 0.476 e. The topological polar surface area (TPSA) is 34.1 Å². The Hall–Kier alpha value is -1.09. The molecule has 3 heteroatoms. The van der Waals surface area contributed by atoms with E-state index in [1.165, 1.54) is 36.0 Å². The van der Waals surface area contributed by atoms with Crippen molar-refractivity contribution in [2.45, 2.75) is 53.0 Å². The van der Waals surface area contributed by atoms with Crippen LogP contribution in [0.5, 0.6) is 5.88 Å². The van der Waals surface area contributed by atoms with Gasteiger partial charge >= 0.3 is 0 Å². The summed E-state index contributed by atoms with van der Waals surface area (Å²) < 4.78 is 5.82. The third-order valence-corrected chi connectivity index (χ3v) is 3.59. The molecule has 0 radical (unpaired) electrons. The van der Waals surface area contributed by atoms with Crippen molar-refractivity contribution >= 4 is 0 Å². The maximum absolute atomic E-state index is 5.82. The lowest BCUT2D eigenvalue weighted by molar-refractivity contribution is 0.295. The first-order valence-corrected chi connectivity index (χ1v) is 6.94. The highest BCUT2D eigenvalue weighted by molar-refractivity contribution is 5.44. The number of pyridine rings is 1. The molecule has 18 heavy (non-hydrogen) atoms. The Labute approximate surface area is 110 Å². The van der Waals surface area contributed by atoms with E-state index in [2.05, 4.69) is 38.0 Å². The molecule has 0 aromatic carbocycles. The van der Waals surface area contributed by atoms with E-state index < -0.39 is 0 Å². The van der Waals surface area contributed by atoms with E-state index in [1.807, 2.05) is 0 Å². The summed E-state index contributed by atoms with van der Waals surface area (Å²) in [4.78, 5) is 4.61. The Morgan fingerprint density at radius 2 is 1.94 bits per heavy atom. The molecule has 0 amide bonds.